The van der Waals surface area contributed by atoms with E-state index < -0.39 is 0 Å². The smallest absolute Gasteiger partial charge is 0.310 e. The number of rotatable bonds is 5. The van der Waals surface area contributed by atoms with Gasteiger partial charge in [-0.2, -0.15) is 0 Å². The molecule has 1 aromatic rings. The van der Waals surface area contributed by atoms with E-state index in [9.17, 15) is 4.79 Å². The Balaban J connectivity index is 0.00000300. The molecular weight excluding hydrogens is 485 g/mol. The van der Waals surface area contributed by atoms with Crippen molar-refractivity contribution in [1.82, 2.24) is 10.2 Å². The van der Waals surface area contributed by atoms with Crippen LogP contribution < -0.4 is 14.8 Å². The van der Waals surface area contributed by atoms with Gasteiger partial charge in [-0.1, -0.05) is 6.07 Å². The maximum absolute atomic E-state index is 12.1. The average Bonchev–Trinajstić information content (AvgIpc) is 2.96. The Labute approximate surface area is 190 Å². The first-order valence-corrected chi connectivity index (χ1v) is 10.3. The van der Waals surface area contributed by atoms with Gasteiger partial charge in [-0.3, -0.25) is 4.79 Å². The molecule has 29 heavy (non-hydrogen) atoms. The minimum atomic E-state index is -0.106. The second kappa shape index (κ2) is 12.1. The lowest BCUT2D eigenvalue weighted by atomic mass is 9.98. The van der Waals surface area contributed by atoms with E-state index in [-0.39, 0.29) is 35.9 Å². The Morgan fingerprint density at radius 2 is 2.03 bits per heavy atom. The Morgan fingerprint density at radius 3 is 2.79 bits per heavy atom. The minimum absolute atomic E-state index is 0. The van der Waals surface area contributed by atoms with Crippen molar-refractivity contribution in [2.24, 2.45) is 10.9 Å². The Morgan fingerprint density at radius 1 is 1.24 bits per heavy atom. The zero-order valence-electron chi connectivity index (χ0n) is 17.3. The molecule has 0 aromatic heterocycles. The van der Waals surface area contributed by atoms with E-state index in [2.05, 4.69) is 17.1 Å². The fourth-order valence-electron chi connectivity index (χ4n) is 3.52. The van der Waals surface area contributed by atoms with E-state index in [0.717, 1.165) is 55.4 Å². The van der Waals surface area contributed by atoms with E-state index in [1.54, 1.807) is 0 Å². The number of likely N-dealkylation sites (tertiary alicyclic amines) is 1. The number of fused-ring (bicyclic) bond motifs is 1. The largest absolute Gasteiger partial charge is 0.490 e. The minimum Gasteiger partial charge on any atom is -0.490 e. The second-order valence-electron chi connectivity index (χ2n) is 7.04. The molecule has 1 unspecified atom stereocenters. The summed E-state index contributed by atoms with van der Waals surface area (Å²) in [6, 6.07) is 5.99. The van der Waals surface area contributed by atoms with Crippen LogP contribution in [0.2, 0.25) is 0 Å². The van der Waals surface area contributed by atoms with Crippen LogP contribution in [0.5, 0.6) is 11.5 Å². The lowest BCUT2D eigenvalue weighted by molar-refractivity contribution is -0.149. The van der Waals surface area contributed by atoms with Gasteiger partial charge in [0.25, 0.3) is 0 Å². The molecule has 2 aliphatic heterocycles. The highest BCUT2D eigenvalue weighted by atomic mass is 127. The summed E-state index contributed by atoms with van der Waals surface area (Å²) in [5.41, 5.74) is 1.07. The molecule has 1 fully saturated rings. The number of hydrogen-bond donors (Lipinski definition) is 1. The molecule has 1 atom stereocenters. The van der Waals surface area contributed by atoms with Crippen molar-refractivity contribution < 1.29 is 19.0 Å². The molecule has 2 heterocycles. The van der Waals surface area contributed by atoms with Crippen LogP contribution in [0.15, 0.2) is 23.2 Å². The number of nitrogens with one attached hydrogen (secondary N) is 1. The van der Waals surface area contributed by atoms with Crippen molar-refractivity contribution in [3.8, 4) is 11.5 Å². The number of halogens is 1. The first-order valence-electron chi connectivity index (χ1n) is 10.3. The van der Waals surface area contributed by atoms with Gasteiger partial charge in [0, 0.05) is 26.1 Å². The van der Waals surface area contributed by atoms with Crippen LogP contribution in [-0.4, -0.2) is 56.3 Å². The van der Waals surface area contributed by atoms with Gasteiger partial charge in [0.05, 0.1) is 32.3 Å². The number of esters is 1. The van der Waals surface area contributed by atoms with Crippen LogP contribution in [0, 0.1) is 5.92 Å². The number of carbonyl (C=O) groups is 1. The van der Waals surface area contributed by atoms with Crippen molar-refractivity contribution in [2.45, 2.75) is 39.7 Å². The molecule has 0 radical (unpaired) electrons. The summed E-state index contributed by atoms with van der Waals surface area (Å²) in [5, 5.41) is 3.35. The molecule has 3 rings (SSSR count). The summed E-state index contributed by atoms with van der Waals surface area (Å²) in [7, 11) is 0. The van der Waals surface area contributed by atoms with Gasteiger partial charge in [0.1, 0.15) is 0 Å². The normalized spacial score (nSPS) is 19.0. The lowest BCUT2D eigenvalue weighted by Crippen LogP contribution is -2.48. The van der Waals surface area contributed by atoms with Gasteiger partial charge in [-0.25, -0.2) is 4.99 Å². The molecule has 0 spiro atoms. The summed E-state index contributed by atoms with van der Waals surface area (Å²) >= 11 is 0. The van der Waals surface area contributed by atoms with Gasteiger partial charge in [-0.15, -0.1) is 24.0 Å². The third kappa shape index (κ3) is 6.65. The molecule has 0 amide bonds. The standard InChI is InChI=1S/C21H31N3O4.HI/c1-3-22-21(24-10-5-7-17(15-24)20(25)26-4-2)23-14-16-8-9-18-19(13-16)28-12-6-11-27-18;/h8-9,13,17H,3-7,10-12,14-15H2,1-2H3,(H,22,23);1H. The van der Waals surface area contributed by atoms with Crippen LogP contribution in [0.3, 0.4) is 0 Å². The summed E-state index contributed by atoms with van der Waals surface area (Å²) in [5.74, 6) is 2.23. The maximum Gasteiger partial charge on any atom is 0.310 e. The van der Waals surface area contributed by atoms with Crippen LogP contribution in [0.1, 0.15) is 38.7 Å². The Bertz CT molecular complexity index is 699. The molecule has 1 N–H and O–H groups in total. The van der Waals surface area contributed by atoms with Gasteiger partial charge >= 0.3 is 5.97 Å². The number of nitrogens with zero attached hydrogens (tertiary/aromatic N) is 2. The number of aliphatic imine (C=N–C) groups is 1. The third-order valence-corrected chi connectivity index (χ3v) is 4.90. The van der Waals surface area contributed by atoms with E-state index in [0.29, 0.717) is 32.9 Å². The molecule has 0 bridgehead atoms. The van der Waals surface area contributed by atoms with Gasteiger partial charge in [0.2, 0.25) is 0 Å². The summed E-state index contributed by atoms with van der Waals surface area (Å²) < 4.78 is 16.7. The number of guanidine groups is 1. The fourth-order valence-corrected chi connectivity index (χ4v) is 3.52. The Kier molecular flexibility index (Phi) is 9.83. The van der Waals surface area contributed by atoms with Crippen molar-refractivity contribution in [2.75, 3.05) is 39.5 Å². The predicted octanol–water partition coefficient (Wildman–Crippen LogP) is 3.21. The number of benzene rings is 1. The molecule has 2 aliphatic rings. The summed E-state index contributed by atoms with van der Waals surface area (Å²) in [6.45, 7) is 8.54. The molecule has 0 aliphatic carbocycles. The van der Waals surface area contributed by atoms with E-state index >= 15 is 0 Å². The van der Waals surface area contributed by atoms with Crippen molar-refractivity contribution in [3.05, 3.63) is 23.8 Å². The van der Waals surface area contributed by atoms with Crippen LogP contribution in [0.25, 0.3) is 0 Å². The predicted molar refractivity (Wildman–Crippen MR) is 123 cm³/mol. The quantitative estimate of drug-likeness (QED) is 0.280. The monoisotopic (exact) mass is 517 g/mol. The van der Waals surface area contributed by atoms with Crippen molar-refractivity contribution in [1.29, 1.82) is 0 Å². The molecule has 1 saturated heterocycles. The zero-order chi connectivity index (χ0) is 19.8. The first kappa shape index (κ1) is 23.6. The van der Waals surface area contributed by atoms with E-state index in [4.69, 9.17) is 19.2 Å². The molecule has 0 saturated carbocycles. The number of carbonyl (C=O) groups excluding carboxylic acids is 1. The summed E-state index contributed by atoms with van der Waals surface area (Å²) in [6.07, 6.45) is 2.72. The second-order valence-corrected chi connectivity index (χ2v) is 7.04. The zero-order valence-corrected chi connectivity index (χ0v) is 19.6. The highest BCUT2D eigenvalue weighted by Gasteiger charge is 2.28. The molecule has 7 nitrogen and oxygen atoms in total. The van der Waals surface area contributed by atoms with Gasteiger partial charge in [0.15, 0.2) is 17.5 Å². The number of hydrogen-bond acceptors (Lipinski definition) is 5. The Hall–Kier alpha value is -1.71. The molecule has 1 aromatic carbocycles. The maximum atomic E-state index is 12.1. The first-order chi connectivity index (χ1) is 13.7. The highest BCUT2D eigenvalue weighted by Crippen LogP contribution is 2.30. The summed E-state index contributed by atoms with van der Waals surface area (Å²) in [4.78, 5) is 19.1. The van der Waals surface area contributed by atoms with Gasteiger partial charge in [-0.05, 0) is 44.4 Å². The number of piperidine rings is 1. The SMILES string of the molecule is CCNC(=NCc1ccc2c(c1)OCCCO2)N1CCCC(C(=O)OCC)C1.I. The molecular formula is C21H32IN3O4. The third-order valence-electron chi connectivity index (χ3n) is 4.90. The molecule has 162 valence electrons. The van der Waals surface area contributed by atoms with Crippen LogP contribution in [-0.2, 0) is 16.1 Å². The van der Waals surface area contributed by atoms with Crippen LogP contribution in [0.4, 0.5) is 0 Å². The van der Waals surface area contributed by atoms with E-state index in [1.807, 2.05) is 25.1 Å². The lowest BCUT2D eigenvalue weighted by Gasteiger charge is -2.34. The fraction of sp³-hybridized carbons (Fsp3) is 0.619. The highest BCUT2D eigenvalue weighted by molar-refractivity contribution is 14.0. The van der Waals surface area contributed by atoms with Gasteiger partial charge < -0.3 is 24.4 Å². The average molecular weight is 517 g/mol. The van der Waals surface area contributed by atoms with Crippen molar-refractivity contribution >= 4 is 35.9 Å². The molecule has 8 heteroatoms. The topological polar surface area (TPSA) is 72.4 Å². The van der Waals surface area contributed by atoms with E-state index in [1.165, 1.54) is 0 Å². The number of ether oxygens (including phenoxy) is 3. The van der Waals surface area contributed by atoms with Crippen LogP contribution >= 0.6 is 24.0 Å². The van der Waals surface area contributed by atoms with Crippen molar-refractivity contribution in [3.63, 3.8) is 0 Å².